The Hall–Kier alpha value is -0.690. The molecule has 0 aliphatic rings. The summed E-state index contributed by atoms with van der Waals surface area (Å²) in [6.45, 7) is -0.0275. The van der Waals surface area contributed by atoms with Gasteiger partial charge in [0.1, 0.15) is 6.04 Å². The number of carboxylic acid groups (broad SMARTS) is 1. The molecular formula is C7H15NO5. The van der Waals surface area contributed by atoms with Crippen LogP contribution < -0.4 is 5.32 Å². The lowest BCUT2D eigenvalue weighted by molar-refractivity contribution is -0.140. The molecule has 0 heterocycles. The summed E-state index contributed by atoms with van der Waals surface area (Å²) in [7, 11) is 0. The smallest absolute Gasteiger partial charge is 0.320 e. The minimum atomic E-state index is -1.43. The van der Waals surface area contributed by atoms with E-state index in [0.29, 0.717) is 0 Å². The highest BCUT2D eigenvalue weighted by Crippen LogP contribution is 1.92. The third-order valence-corrected chi connectivity index (χ3v) is 1.51. The van der Waals surface area contributed by atoms with Gasteiger partial charge in [-0.1, -0.05) is 0 Å². The van der Waals surface area contributed by atoms with Crippen molar-refractivity contribution >= 4 is 5.97 Å². The molecule has 0 bridgehead atoms. The summed E-state index contributed by atoms with van der Waals surface area (Å²) in [5.41, 5.74) is 0. The molecule has 0 aromatic heterocycles. The first-order valence-electron chi connectivity index (χ1n) is 4.01. The van der Waals surface area contributed by atoms with E-state index in [2.05, 4.69) is 5.32 Å². The summed E-state index contributed by atoms with van der Waals surface area (Å²) < 4.78 is 0. The number of hydrogen-bond acceptors (Lipinski definition) is 5. The number of hydrogen-bond donors (Lipinski definition) is 5. The SMILES string of the molecule is O=C(O)C(CCO)NCCC(O)O. The van der Waals surface area contributed by atoms with Gasteiger partial charge < -0.3 is 25.7 Å². The minimum Gasteiger partial charge on any atom is -0.480 e. The van der Waals surface area contributed by atoms with Crippen LogP contribution >= 0.6 is 0 Å². The van der Waals surface area contributed by atoms with Crippen molar-refractivity contribution in [2.24, 2.45) is 0 Å². The summed E-state index contributed by atoms with van der Waals surface area (Å²) in [5, 5.41) is 36.5. The van der Waals surface area contributed by atoms with Crippen molar-refractivity contribution in [3.05, 3.63) is 0 Å². The fourth-order valence-corrected chi connectivity index (χ4v) is 0.829. The Morgan fingerprint density at radius 2 is 1.92 bits per heavy atom. The van der Waals surface area contributed by atoms with Crippen molar-refractivity contribution in [2.45, 2.75) is 25.2 Å². The lowest BCUT2D eigenvalue weighted by atomic mass is 10.2. The predicted octanol–water partition coefficient (Wildman–Crippen LogP) is -1.89. The van der Waals surface area contributed by atoms with Crippen LogP contribution in [-0.4, -0.2) is 51.9 Å². The number of nitrogens with one attached hydrogen (secondary N) is 1. The van der Waals surface area contributed by atoms with Crippen LogP contribution in [0.5, 0.6) is 0 Å². The molecule has 6 nitrogen and oxygen atoms in total. The Morgan fingerprint density at radius 3 is 2.31 bits per heavy atom. The molecular weight excluding hydrogens is 178 g/mol. The summed E-state index contributed by atoms with van der Waals surface area (Å²) in [6, 6.07) is -0.830. The third-order valence-electron chi connectivity index (χ3n) is 1.51. The summed E-state index contributed by atoms with van der Waals surface area (Å²) in [4.78, 5) is 10.5. The molecule has 0 spiro atoms. The molecule has 0 aliphatic carbocycles. The first-order valence-corrected chi connectivity index (χ1v) is 4.01. The molecule has 0 aromatic carbocycles. The first-order chi connectivity index (χ1) is 6.07. The largest absolute Gasteiger partial charge is 0.480 e. The Bertz CT molecular complexity index is 150. The highest BCUT2D eigenvalue weighted by Gasteiger charge is 2.15. The predicted molar refractivity (Wildman–Crippen MR) is 44.0 cm³/mol. The number of carbonyl (C=O) groups is 1. The van der Waals surface area contributed by atoms with Gasteiger partial charge in [-0.05, 0) is 6.42 Å². The molecule has 1 atom stereocenters. The molecule has 1 unspecified atom stereocenters. The molecule has 0 radical (unpaired) electrons. The van der Waals surface area contributed by atoms with E-state index in [9.17, 15) is 4.79 Å². The Kier molecular flexibility index (Phi) is 6.43. The van der Waals surface area contributed by atoms with E-state index in [4.69, 9.17) is 20.4 Å². The van der Waals surface area contributed by atoms with Crippen LogP contribution in [0.4, 0.5) is 0 Å². The van der Waals surface area contributed by atoms with Crippen molar-refractivity contribution in [2.75, 3.05) is 13.2 Å². The number of aliphatic carboxylic acids is 1. The van der Waals surface area contributed by atoms with Gasteiger partial charge in [0, 0.05) is 19.6 Å². The van der Waals surface area contributed by atoms with Gasteiger partial charge in [-0.3, -0.25) is 4.79 Å². The van der Waals surface area contributed by atoms with Crippen LogP contribution in [0.1, 0.15) is 12.8 Å². The van der Waals surface area contributed by atoms with Gasteiger partial charge in [0.25, 0.3) is 0 Å². The molecule has 78 valence electrons. The lowest BCUT2D eigenvalue weighted by Gasteiger charge is -2.13. The number of rotatable bonds is 7. The van der Waals surface area contributed by atoms with Gasteiger partial charge in [-0.25, -0.2) is 0 Å². The molecule has 0 amide bonds. The van der Waals surface area contributed by atoms with Gasteiger partial charge >= 0.3 is 5.97 Å². The van der Waals surface area contributed by atoms with E-state index in [0.717, 1.165) is 0 Å². The Balaban J connectivity index is 3.63. The van der Waals surface area contributed by atoms with E-state index < -0.39 is 18.3 Å². The third kappa shape index (κ3) is 6.47. The normalized spacial score (nSPS) is 13.2. The van der Waals surface area contributed by atoms with Crippen LogP contribution in [0, 0.1) is 0 Å². The van der Waals surface area contributed by atoms with Gasteiger partial charge in [-0.2, -0.15) is 0 Å². The topological polar surface area (TPSA) is 110 Å². The second-order valence-corrected chi connectivity index (χ2v) is 2.63. The van der Waals surface area contributed by atoms with E-state index in [-0.39, 0.29) is 26.0 Å². The van der Waals surface area contributed by atoms with Crippen molar-refractivity contribution in [3.8, 4) is 0 Å². The molecule has 0 rings (SSSR count). The zero-order valence-electron chi connectivity index (χ0n) is 7.18. The fraction of sp³-hybridized carbons (Fsp3) is 0.857. The van der Waals surface area contributed by atoms with Gasteiger partial charge in [0.2, 0.25) is 0 Å². The van der Waals surface area contributed by atoms with Crippen LogP contribution in [-0.2, 0) is 4.79 Å². The van der Waals surface area contributed by atoms with Gasteiger partial charge in [0.05, 0.1) is 0 Å². The first kappa shape index (κ1) is 12.3. The van der Waals surface area contributed by atoms with Crippen molar-refractivity contribution < 1.29 is 25.2 Å². The fourth-order valence-electron chi connectivity index (χ4n) is 0.829. The molecule has 6 heteroatoms. The average molecular weight is 193 g/mol. The quantitative estimate of drug-likeness (QED) is 0.302. The van der Waals surface area contributed by atoms with Gasteiger partial charge in [0.15, 0.2) is 6.29 Å². The monoisotopic (exact) mass is 193 g/mol. The van der Waals surface area contributed by atoms with Crippen molar-refractivity contribution in [1.29, 1.82) is 0 Å². The van der Waals surface area contributed by atoms with Crippen LogP contribution in [0.2, 0.25) is 0 Å². The Labute approximate surface area is 75.8 Å². The standard InChI is InChI=1S/C7H15NO5/c9-4-2-5(7(12)13)8-3-1-6(10)11/h5-6,8-11H,1-4H2,(H,12,13). The second-order valence-electron chi connectivity index (χ2n) is 2.63. The van der Waals surface area contributed by atoms with Crippen LogP contribution in [0.3, 0.4) is 0 Å². The van der Waals surface area contributed by atoms with Crippen LogP contribution in [0.25, 0.3) is 0 Å². The van der Waals surface area contributed by atoms with Crippen molar-refractivity contribution in [3.63, 3.8) is 0 Å². The molecule has 0 saturated heterocycles. The maximum atomic E-state index is 10.5. The van der Waals surface area contributed by atoms with E-state index in [1.54, 1.807) is 0 Å². The zero-order chi connectivity index (χ0) is 10.3. The maximum absolute atomic E-state index is 10.5. The number of aliphatic hydroxyl groups is 3. The van der Waals surface area contributed by atoms with Gasteiger partial charge in [-0.15, -0.1) is 0 Å². The maximum Gasteiger partial charge on any atom is 0.320 e. The molecule has 0 fully saturated rings. The molecule has 13 heavy (non-hydrogen) atoms. The Morgan fingerprint density at radius 1 is 1.31 bits per heavy atom. The second kappa shape index (κ2) is 6.79. The molecule has 0 saturated carbocycles. The zero-order valence-corrected chi connectivity index (χ0v) is 7.18. The highest BCUT2D eigenvalue weighted by atomic mass is 16.5. The van der Waals surface area contributed by atoms with Crippen LogP contribution in [0.15, 0.2) is 0 Å². The summed E-state index contributed by atoms with van der Waals surface area (Å²) in [6.07, 6.45) is -1.26. The highest BCUT2D eigenvalue weighted by molar-refractivity contribution is 5.73. The molecule has 0 aliphatic heterocycles. The molecule has 0 aromatic rings. The minimum absolute atomic E-state index is 0.0647. The summed E-state index contributed by atoms with van der Waals surface area (Å²) >= 11 is 0. The van der Waals surface area contributed by atoms with Crippen molar-refractivity contribution in [1.82, 2.24) is 5.32 Å². The number of carboxylic acids is 1. The van der Waals surface area contributed by atoms with E-state index in [1.807, 2.05) is 0 Å². The lowest BCUT2D eigenvalue weighted by Crippen LogP contribution is -2.38. The summed E-state index contributed by atoms with van der Waals surface area (Å²) in [5.74, 6) is -1.05. The van der Waals surface area contributed by atoms with E-state index >= 15 is 0 Å². The van der Waals surface area contributed by atoms with E-state index in [1.165, 1.54) is 0 Å². The number of aliphatic hydroxyl groups excluding tert-OH is 2. The average Bonchev–Trinajstić information content (AvgIpc) is 2.02. The molecule has 5 N–H and O–H groups in total.